The molecule has 0 amide bonds. The predicted molar refractivity (Wildman–Crippen MR) is 95.9 cm³/mol. The van der Waals surface area contributed by atoms with E-state index in [1.807, 2.05) is 45.0 Å². The molecule has 0 radical (unpaired) electrons. The van der Waals surface area contributed by atoms with Crippen molar-refractivity contribution in [2.24, 2.45) is 7.05 Å². The second kappa shape index (κ2) is 6.65. The fourth-order valence-electron chi connectivity index (χ4n) is 3.26. The monoisotopic (exact) mass is 329 g/mol. The first kappa shape index (κ1) is 16.5. The van der Waals surface area contributed by atoms with Crippen LogP contribution in [0.3, 0.4) is 0 Å². The van der Waals surface area contributed by atoms with Crippen LogP contribution in [0.4, 0.5) is 10.2 Å². The average molecular weight is 329 g/mol. The van der Waals surface area contributed by atoms with E-state index in [1.165, 1.54) is 23.3 Å². The summed E-state index contributed by atoms with van der Waals surface area (Å²) in [6.07, 6.45) is 2.86. The van der Waals surface area contributed by atoms with E-state index in [4.69, 9.17) is 0 Å². The standard InChI is InChI=1S/C18H24FN5/c1-12-16(18(23(2)3)24(4)22-12)11-20-8-7-13-10-21-17-9-14(19)5-6-15(13)17/h5-6,9-10,20-21H,7-8,11H2,1-4H3. The Labute approximate surface area is 141 Å². The number of hydrogen-bond donors (Lipinski definition) is 2. The molecule has 0 aliphatic rings. The van der Waals surface area contributed by atoms with E-state index in [0.717, 1.165) is 41.9 Å². The summed E-state index contributed by atoms with van der Waals surface area (Å²) < 4.78 is 15.2. The molecule has 0 spiro atoms. The summed E-state index contributed by atoms with van der Waals surface area (Å²) in [5, 5.41) is 9.09. The minimum absolute atomic E-state index is 0.211. The van der Waals surface area contributed by atoms with Gasteiger partial charge in [-0.05, 0) is 43.7 Å². The Morgan fingerprint density at radius 1 is 1.33 bits per heavy atom. The number of fused-ring (bicyclic) bond motifs is 1. The SMILES string of the molecule is Cc1nn(C)c(N(C)C)c1CNCCc1c[nH]c2cc(F)ccc12. The van der Waals surface area contributed by atoms with E-state index >= 15 is 0 Å². The van der Waals surface area contributed by atoms with E-state index in [-0.39, 0.29) is 5.82 Å². The van der Waals surface area contributed by atoms with Crippen LogP contribution in [0, 0.1) is 12.7 Å². The zero-order chi connectivity index (χ0) is 17.3. The zero-order valence-corrected chi connectivity index (χ0v) is 14.7. The maximum atomic E-state index is 13.2. The Hall–Kier alpha value is -2.34. The van der Waals surface area contributed by atoms with Gasteiger partial charge in [-0.25, -0.2) is 4.39 Å². The van der Waals surface area contributed by atoms with Gasteiger partial charge in [-0.15, -0.1) is 0 Å². The summed E-state index contributed by atoms with van der Waals surface area (Å²) in [7, 11) is 6.03. The Kier molecular flexibility index (Phi) is 4.57. The number of nitrogens with one attached hydrogen (secondary N) is 2. The number of aromatic nitrogens is 3. The van der Waals surface area contributed by atoms with E-state index < -0.39 is 0 Å². The smallest absolute Gasteiger partial charge is 0.130 e. The molecule has 5 nitrogen and oxygen atoms in total. The molecule has 0 atom stereocenters. The average Bonchev–Trinajstić information content (AvgIpc) is 3.03. The van der Waals surface area contributed by atoms with E-state index in [0.29, 0.717) is 0 Å². The number of aromatic amines is 1. The molecule has 0 aliphatic heterocycles. The number of aryl methyl sites for hydroxylation is 2. The Bertz CT molecular complexity index is 847. The summed E-state index contributed by atoms with van der Waals surface area (Å²) in [5.41, 5.74) is 4.33. The molecule has 128 valence electrons. The van der Waals surface area contributed by atoms with Crippen molar-refractivity contribution in [2.75, 3.05) is 25.5 Å². The highest BCUT2D eigenvalue weighted by Crippen LogP contribution is 2.22. The van der Waals surface area contributed by atoms with Crippen molar-refractivity contribution in [1.82, 2.24) is 20.1 Å². The zero-order valence-electron chi connectivity index (χ0n) is 14.7. The molecular weight excluding hydrogens is 305 g/mol. The highest BCUT2D eigenvalue weighted by molar-refractivity contribution is 5.83. The number of rotatable bonds is 6. The summed E-state index contributed by atoms with van der Waals surface area (Å²) >= 11 is 0. The maximum Gasteiger partial charge on any atom is 0.130 e. The molecule has 0 saturated heterocycles. The number of nitrogens with zero attached hydrogens (tertiary/aromatic N) is 3. The topological polar surface area (TPSA) is 48.9 Å². The van der Waals surface area contributed by atoms with Crippen LogP contribution in [0.5, 0.6) is 0 Å². The van der Waals surface area contributed by atoms with Gasteiger partial charge in [0.1, 0.15) is 11.6 Å². The summed E-state index contributed by atoms with van der Waals surface area (Å²) in [4.78, 5) is 5.22. The van der Waals surface area contributed by atoms with E-state index in [1.54, 1.807) is 0 Å². The highest BCUT2D eigenvalue weighted by Gasteiger charge is 2.14. The lowest BCUT2D eigenvalue weighted by Crippen LogP contribution is -2.20. The molecule has 2 N–H and O–H groups in total. The second-order valence-electron chi connectivity index (χ2n) is 6.34. The quantitative estimate of drug-likeness (QED) is 0.684. The fraction of sp³-hybridized carbons (Fsp3) is 0.389. The first-order chi connectivity index (χ1) is 11.5. The lowest BCUT2D eigenvalue weighted by atomic mass is 10.1. The highest BCUT2D eigenvalue weighted by atomic mass is 19.1. The van der Waals surface area contributed by atoms with E-state index in [2.05, 4.69) is 20.3 Å². The molecule has 0 aliphatic carbocycles. The third kappa shape index (κ3) is 3.14. The third-order valence-electron chi connectivity index (χ3n) is 4.34. The van der Waals surface area contributed by atoms with Crippen LogP contribution < -0.4 is 10.2 Å². The fourth-order valence-corrected chi connectivity index (χ4v) is 3.26. The van der Waals surface area contributed by atoms with Crippen LogP contribution in [-0.4, -0.2) is 35.4 Å². The minimum atomic E-state index is -0.211. The summed E-state index contributed by atoms with van der Waals surface area (Å²) in [5.74, 6) is 0.917. The molecule has 3 aromatic rings. The molecule has 3 rings (SSSR count). The Morgan fingerprint density at radius 3 is 2.88 bits per heavy atom. The van der Waals surface area contributed by atoms with Crippen LogP contribution in [0.2, 0.25) is 0 Å². The first-order valence-electron chi connectivity index (χ1n) is 8.13. The predicted octanol–water partition coefficient (Wildman–Crippen LogP) is 2.75. The number of anilines is 1. The Morgan fingerprint density at radius 2 is 2.12 bits per heavy atom. The molecule has 2 aromatic heterocycles. The molecule has 24 heavy (non-hydrogen) atoms. The van der Waals surface area contributed by atoms with Crippen molar-refractivity contribution in [1.29, 1.82) is 0 Å². The molecule has 0 fully saturated rings. The van der Waals surface area contributed by atoms with Crippen LogP contribution >= 0.6 is 0 Å². The maximum absolute atomic E-state index is 13.2. The molecule has 0 unspecified atom stereocenters. The van der Waals surface area contributed by atoms with Gasteiger partial charge in [0, 0.05) is 50.4 Å². The molecule has 2 heterocycles. The van der Waals surface area contributed by atoms with Crippen molar-refractivity contribution in [2.45, 2.75) is 19.9 Å². The normalized spacial score (nSPS) is 11.4. The van der Waals surface area contributed by atoms with Gasteiger partial charge < -0.3 is 15.2 Å². The molecule has 0 saturated carbocycles. The number of halogens is 1. The van der Waals surface area contributed by atoms with Crippen LogP contribution in [0.1, 0.15) is 16.8 Å². The lowest BCUT2D eigenvalue weighted by molar-refractivity contribution is 0.629. The van der Waals surface area contributed by atoms with Gasteiger partial charge in [-0.2, -0.15) is 5.10 Å². The molecule has 0 bridgehead atoms. The third-order valence-corrected chi connectivity index (χ3v) is 4.34. The van der Waals surface area contributed by atoms with Gasteiger partial charge in [-0.3, -0.25) is 4.68 Å². The number of hydrogen-bond acceptors (Lipinski definition) is 3. The van der Waals surface area contributed by atoms with Crippen molar-refractivity contribution in [3.8, 4) is 0 Å². The number of H-pyrrole nitrogens is 1. The van der Waals surface area contributed by atoms with Crippen molar-refractivity contribution >= 4 is 16.7 Å². The van der Waals surface area contributed by atoms with Gasteiger partial charge in [-0.1, -0.05) is 0 Å². The second-order valence-corrected chi connectivity index (χ2v) is 6.34. The lowest BCUT2D eigenvalue weighted by Gasteiger charge is -2.15. The van der Waals surface area contributed by atoms with Crippen LogP contribution in [0.25, 0.3) is 10.9 Å². The van der Waals surface area contributed by atoms with Gasteiger partial charge in [0.15, 0.2) is 0 Å². The summed E-state index contributed by atoms with van der Waals surface area (Å²) in [6, 6.07) is 4.88. The van der Waals surface area contributed by atoms with Crippen LogP contribution in [-0.2, 0) is 20.0 Å². The number of benzene rings is 1. The van der Waals surface area contributed by atoms with Crippen LogP contribution in [0.15, 0.2) is 24.4 Å². The Balaban J connectivity index is 1.63. The molecular formula is C18H24FN5. The van der Waals surface area contributed by atoms with Gasteiger partial charge in [0.2, 0.25) is 0 Å². The molecule has 1 aromatic carbocycles. The van der Waals surface area contributed by atoms with Gasteiger partial charge in [0.25, 0.3) is 0 Å². The van der Waals surface area contributed by atoms with Gasteiger partial charge in [0.05, 0.1) is 5.69 Å². The largest absolute Gasteiger partial charge is 0.363 e. The van der Waals surface area contributed by atoms with Crippen molar-refractivity contribution in [3.63, 3.8) is 0 Å². The van der Waals surface area contributed by atoms with E-state index in [9.17, 15) is 4.39 Å². The summed E-state index contributed by atoms with van der Waals surface area (Å²) in [6.45, 7) is 3.67. The van der Waals surface area contributed by atoms with Gasteiger partial charge >= 0.3 is 0 Å². The van der Waals surface area contributed by atoms with Crippen molar-refractivity contribution in [3.05, 3.63) is 47.0 Å². The minimum Gasteiger partial charge on any atom is -0.363 e. The van der Waals surface area contributed by atoms with Crippen molar-refractivity contribution < 1.29 is 4.39 Å². The molecule has 6 heteroatoms. The first-order valence-corrected chi connectivity index (χ1v) is 8.13.